The van der Waals surface area contributed by atoms with Gasteiger partial charge in [-0.05, 0) is 35.9 Å². The number of amidine groups is 2. The monoisotopic (exact) mass is 435 g/mol. The third-order valence-electron chi connectivity index (χ3n) is 4.54. The first-order chi connectivity index (χ1) is 14.8. The summed E-state index contributed by atoms with van der Waals surface area (Å²) in [6.45, 7) is 4.83. The van der Waals surface area contributed by atoms with E-state index in [0.29, 0.717) is 22.9 Å². The molecule has 1 aliphatic heterocycles. The van der Waals surface area contributed by atoms with Crippen LogP contribution in [0.3, 0.4) is 0 Å². The molecule has 3 rings (SSSR count). The molecule has 1 heterocycles. The number of aliphatic imine (C=N–C) groups is 2. The largest absolute Gasteiger partial charge is 0.389 e. The fourth-order valence-electron chi connectivity index (χ4n) is 3.09. The second kappa shape index (κ2) is 9.68. The fourth-order valence-corrected chi connectivity index (χ4v) is 3.37. The molecule has 0 radical (unpaired) electrons. The SMILES string of the molecule is CNCc1ccc([N+](=O)C(=N)C2=NC(=c3ccc(=CC(C)C)cc3)C=NC2=N)c(Cl)c1. The zero-order chi connectivity index (χ0) is 22.5. The Morgan fingerprint density at radius 2 is 1.94 bits per heavy atom. The van der Waals surface area contributed by atoms with Gasteiger partial charge in [0.1, 0.15) is 0 Å². The summed E-state index contributed by atoms with van der Waals surface area (Å²) in [4.78, 5) is 21.2. The molecule has 0 bridgehead atoms. The zero-order valence-electron chi connectivity index (χ0n) is 17.6. The predicted octanol–water partition coefficient (Wildman–Crippen LogP) is 3.19. The van der Waals surface area contributed by atoms with Crippen molar-refractivity contribution >= 4 is 52.7 Å². The van der Waals surface area contributed by atoms with Gasteiger partial charge in [-0.1, -0.05) is 72.2 Å². The topological polar surface area (TPSA) is 105 Å². The van der Waals surface area contributed by atoms with Crippen molar-refractivity contribution in [2.45, 2.75) is 20.4 Å². The summed E-state index contributed by atoms with van der Waals surface area (Å²) in [5, 5.41) is 21.5. The van der Waals surface area contributed by atoms with Crippen LogP contribution in [-0.4, -0.2) is 35.4 Å². The molecule has 0 amide bonds. The van der Waals surface area contributed by atoms with Crippen LogP contribution in [0.25, 0.3) is 11.8 Å². The second-order valence-electron chi connectivity index (χ2n) is 7.44. The van der Waals surface area contributed by atoms with Crippen molar-refractivity contribution in [3.63, 3.8) is 0 Å². The van der Waals surface area contributed by atoms with Gasteiger partial charge >= 0.3 is 5.84 Å². The van der Waals surface area contributed by atoms with E-state index in [9.17, 15) is 4.91 Å². The average Bonchev–Trinajstić information content (AvgIpc) is 2.74. The number of hydrogen-bond acceptors (Lipinski definition) is 5. The summed E-state index contributed by atoms with van der Waals surface area (Å²) in [5.74, 6) is -0.308. The van der Waals surface area contributed by atoms with E-state index < -0.39 is 5.84 Å². The highest BCUT2D eigenvalue weighted by Gasteiger charge is 2.31. The van der Waals surface area contributed by atoms with Crippen LogP contribution in [-0.2, 0) is 6.54 Å². The smallest absolute Gasteiger partial charge is 0.316 e. The molecular formula is C23H24ClN6O+. The van der Waals surface area contributed by atoms with Crippen molar-refractivity contribution in [3.8, 4) is 0 Å². The molecule has 0 unspecified atom stereocenters. The van der Waals surface area contributed by atoms with Crippen LogP contribution >= 0.6 is 11.6 Å². The molecule has 158 valence electrons. The zero-order valence-corrected chi connectivity index (χ0v) is 18.4. The molecule has 0 fully saturated rings. The van der Waals surface area contributed by atoms with Gasteiger partial charge in [-0.25, -0.2) is 9.98 Å². The average molecular weight is 436 g/mol. The van der Waals surface area contributed by atoms with Crippen molar-refractivity contribution in [2.24, 2.45) is 15.9 Å². The van der Waals surface area contributed by atoms with Crippen LogP contribution in [0.5, 0.6) is 0 Å². The van der Waals surface area contributed by atoms with E-state index in [1.165, 1.54) is 6.21 Å². The minimum Gasteiger partial charge on any atom is -0.316 e. The third-order valence-corrected chi connectivity index (χ3v) is 4.85. The summed E-state index contributed by atoms with van der Waals surface area (Å²) in [6.07, 6.45) is 3.61. The first-order valence-electron chi connectivity index (χ1n) is 9.83. The number of benzene rings is 2. The number of nitroso groups, excluding NO2 is 1. The van der Waals surface area contributed by atoms with Gasteiger partial charge in [-0.15, -0.1) is 0 Å². The van der Waals surface area contributed by atoms with Crippen LogP contribution in [0, 0.1) is 21.6 Å². The molecule has 0 saturated heterocycles. The van der Waals surface area contributed by atoms with E-state index in [4.69, 9.17) is 22.4 Å². The molecule has 2 aromatic carbocycles. The summed E-state index contributed by atoms with van der Waals surface area (Å²) in [5.41, 5.74) is 1.40. The molecule has 8 heteroatoms. The van der Waals surface area contributed by atoms with E-state index in [1.807, 2.05) is 31.3 Å². The highest BCUT2D eigenvalue weighted by molar-refractivity contribution is 6.67. The molecule has 7 nitrogen and oxygen atoms in total. The van der Waals surface area contributed by atoms with Gasteiger partial charge in [0.25, 0.3) is 0 Å². The van der Waals surface area contributed by atoms with Crippen LogP contribution < -0.4 is 15.8 Å². The van der Waals surface area contributed by atoms with Gasteiger partial charge in [0.15, 0.2) is 11.5 Å². The summed E-state index contributed by atoms with van der Waals surface area (Å²) in [6, 6.07) is 12.7. The lowest BCUT2D eigenvalue weighted by molar-refractivity contribution is -0.328. The molecule has 0 aromatic heterocycles. The number of rotatable bonds is 5. The Morgan fingerprint density at radius 1 is 1.23 bits per heavy atom. The fraction of sp³-hybridized carbons (Fsp3) is 0.217. The normalized spacial score (nSPS) is 13.4. The van der Waals surface area contributed by atoms with Gasteiger partial charge in [0.05, 0.1) is 16.9 Å². The van der Waals surface area contributed by atoms with Crippen molar-refractivity contribution in [2.75, 3.05) is 7.05 Å². The molecule has 2 aromatic rings. The second-order valence-corrected chi connectivity index (χ2v) is 7.85. The number of halogens is 1. The quantitative estimate of drug-likeness (QED) is 0.381. The summed E-state index contributed by atoms with van der Waals surface area (Å²) < 4.78 is 0.373. The van der Waals surface area contributed by atoms with E-state index in [1.54, 1.807) is 18.2 Å². The molecule has 0 atom stereocenters. The predicted molar refractivity (Wildman–Crippen MR) is 127 cm³/mol. The molecule has 31 heavy (non-hydrogen) atoms. The first kappa shape index (κ1) is 22.4. The highest BCUT2D eigenvalue weighted by atomic mass is 35.5. The minimum absolute atomic E-state index is 0.110. The molecule has 1 aliphatic rings. The van der Waals surface area contributed by atoms with Gasteiger partial charge in [0, 0.05) is 16.5 Å². The van der Waals surface area contributed by atoms with E-state index in [2.05, 4.69) is 35.2 Å². The first-order valence-corrected chi connectivity index (χ1v) is 10.2. The summed E-state index contributed by atoms with van der Waals surface area (Å²) >= 11 is 6.26. The molecule has 0 saturated carbocycles. The summed E-state index contributed by atoms with van der Waals surface area (Å²) in [7, 11) is 1.81. The van der Waals surface area contributed by atoms with E-state index in [-0.39, 0.29) is 22.3 Å². The standard InChI is InChI=1S/C23H24ClN6O/c1-14(2)10-15-4-7-17(8-5-15)19-13-28-22(25)21(29-19)23(26)30(31)20-9-6-16(12-27-3)11-18(20)24/h4-11,13-14,25-27H,12H2,1-3H3/q+1. The highest BCUT2D eigenvalue weighted by Crippen LogP contribution is 2.26. The number of nitrogens with zero attached hydrogens (tertiary/aromatic N) is 3. The van der Waals surface area contributed by atoms with Crippen LogP contribution in [0.1, 0.15) is 19.4 Å². The van der Waals surface area contributed by atoms with E-state index in [0.717, 1.165) is 16.0 Å². The van der Waals surface area contributed by atoms with Crippen molar-refractivity contribution in [1.82, 2.24) is 5.32 Å². The van der Waals surface area contributed by atoms with Crippen molar-refractivity contribution < 1.29 is 4.76 Å². The molecule has 0 aliphatic carbocycles. The van der Waals surface area contributed by atoms with E-state index >= 15 is 0 Å². The Labute approximate surface area is 185 Å². The lowest BCUT2D eigenvalue weighted by atomic mass is 10.1. The van der Waals surface area contributed by atoms with Gasteiger partial charge in [-0.3, -0.25) is 5.41 Å². The maximum absolute atomic E-state index is 12.8. The van der Waals surface area contributed by atoms with Crippen LogP contribution in [0.4, 0.5) is 5.69 Å². The van der Waals surface area contributed by atoms with Gasteiger partial charge < -0.3 is 5.32 Å². The Hall–Kier alpha value is -3.29. The maximum Gasteiger partial charge on any atom is 0.389 e. The minimum atomic E-state index is -0.493. The van der Waals surface area contributed by atoms with Crippen molar-refractivity contribution in [3.05, 3.63) is 68.4 Å². The third kappa shape index (κ3) is 5.25. The molecule has 3 N–H and O–H groups in total. The molecule has 0 spiro atoms. The molecular weight excluding hydrogens is 412 g/mol. The Morgan fingerprint density at radius 3 is 2.55 bits per heavy atom. The Balaban J connectivity index is 1.96. The lowest BCUT2D eigenvalue weighted by Gasteiger charge is -2.08. The number of nitrogens with one attached hydrogen (secondary N) is 3. The van der Waals surface area contributed by atoms with Crippen LogP contribution in [0.15, 0.2) is 52.4 Å². The maximum atomic E-state index is 12.8. The Kier molecular flexibility index (Phi) is 6.99. The van der Waals surface area contributed by atoms with Crippen molar-refractivity contribution in [1.29, 1.82) is 10.8 Å². The van der Waals surface area contributed by atoms with Crippen LogP contribution in [0.2, 0.25) is 5.02 Å². The lowest BCUT2D eigenvalue weighted by Crippen LogP contribution is -2.31. The Bertz CT molecular complexity index is 1220. The number of hydrogen-bond donors (Lipinski definition) is 3. The van der Waals surface area contributed by atoms with Gasteiger partial charge in [-0.2, -0.15) is 0 Å². The van der Waals surface area contributed by atoms with Gasteiger partial charge in [0.2, 0.25) is 5.71 Å².